The third kappa shape index (κ3) is 13.7. The molecular weight excluding hydrogens is 1100 g/mol. The molecule has 358 valence electrons. The number of hydrogen-bond donors (Lipinski definition) is 0. The summed E-state index contributed by atoms with van der Waals surface area (Å²) < 4.78 is 137. The van der Waals surface area contributed by atoms with Crippen LogP contribution in [0.15, 0.2) is 141 Å². The first-order valence-corrected chi connectivity index (χ1v) is 24.4. The number of nitrogens with zero attached hydrogens (tertiary/aromatic N) is 6. The van der Waals surface area contributed by atoms with Crippen molar-refractivity contribution in [2.75, 3.05) is 0 Å². The van der Waals surface area contributed by atoms with E-state index >= 15 is 0 Å². The molecule has 0 aliphatic heterocycles. The molecule has 0 N–H and O–H groups in total. The molecule has 0 aliphatic carbocycles. The van der Waals surface area contributed by atoms with Crippen molar-refractivity contribution >= 4 is 98.3 Å². The number of carbonyl (C=O) groups is 2. The maximum absolute atomic E-state index is 13.5. The van der Waals surface area contributed by atoms with Crippen LogP contribution in [0.4, 0.5) is 9.59 Å². The van der Waals surface area contributed by atoms with Gasteiger partial charge in [0.2, 0.25) is 0 Å². The maximum atomic E-state index is 13.5. The molecule has 7 aromatic carbocycles. The van der Waals surface area contributed by atoms with Gasteiger partial charge in [-0.05, 0) is 47.5 Å². The fourth-order valence-corrected chi connectivity index (χ4v) is 9.48. The van der Waals surface area contributed by atoms with E-state index in [-0.39, 0.29) is 191 Å². The molecule has 0 amide bonds. The summed E-state index contributed by atoms with van der Waals surface area (Å²) in [6.45, 7) is -0.561. The van der Waals surface area contributed by atoms with Crippen LogP contribution >= 0.6 is 12.0 Å². The van der Waals surface area contributed by atoms with Gasteiger partial charge >= 0.3 is 131 Å². The SMILES string of the molecule is O=C(OCc1ccccc1)Oc1cc(-n2nc3ccc4c(S(=O)(=O)[O-])cc(S(=O)(=O)[O-])cc4c3n2)c(OC(=O)OCc2ccccc2)cc1-n1nc2ccc3c(SOO[O-])cc(S(=O)(=O)[O-])cc3c2n1.[Na+].[Na+].[Na+].[Na+]. The fraction of sp³-hybridized carbons (Fsp3) is 0.0476. The first-order chi connectivity index (χ1) is 33.3. The molecular formula is C42H24N6Na4O18S4. The molecule has 32 heteroatoms. The van der Waals surface area contributed by atoms with Crippen LogP contribution < -0.4 is 133 Å². The Morgan fingerprint density at radius 3 is 1.38 bits per heavy atom. The third-order valence-corrected chi connectivity index (χ3v) is 13.2. The molecule has 2 aromatic heterocycles. The fourth-order valence-electron chi connectivity index (χ4n) is 7.02. The number of ether oxygens (including phenoxy) is 4. The van der Waals surface area contributed by atoms with Gasteiger partial charge in [-0.15, -0.1) is 30.0 Å². The van der Waals surface area contributed by atoms with Gasteiger partial charge in [0.25, 0.3) is 0 Å². The summed E-state index contributed by atoms with van der Waals surface area (Å²) in [5.41, 5.74) is 0.112. The van der Waals surface area contributed by atoms with Crippen molar-refractivity contribution in [2.45, 2.75) is 32.8 Å². The van der Waals surface area contributed by atoms with Gasteiger partial charge < -0.3 is 37.9 Å². The molecule has 0 spiro atoms. The van der Waals surface area contributed by atoms with E-state index < -0.39 is 68.9 Å². The van der Waals surface area contributed by atoms with Crippen LogP contribution in [0.5, 0.6) is 11.5 Å². The van der Waals surface area contributed by atoms with Crippen LogP contribution in [0.2, 0.25) is 0 Å². The van der Waals surface area contributed by atoms with Gasteiger partial charge in [-0.2, -0.15) is 4.33 Å². The van der Waals surface area contributed by atoms with Gasteiger partial charge in [-0.1, -0.05) is 72.8 Å². The van der Waals surface area contributed by atoms with Gasteiger partial charge in [0.05, 0.1) is 26.7 Å². The maximum Gasteiger partial charge on any atom is 1.00 e. The molecule has 0 aliphatic rings. The van der Waals surface area contributed by atoms with Crippen molar-refractivity contribution in [3.8, 4) is 22.9 Å². The van der Waals surface area contributed by atoms with E-state index in [0.717, 1.165) is 46.0 Å². The van der Waals surface area contributed by atoms with Gasteiger partial charge in [0.1, 0.15) is 77.0 Å². The molecule has 0 atom stereocenters. The summed E-state index contributed by atoms with van der Waals surface area (Å²) in [5.74, 6) is -0.943. The number of fused-ring (bicyclic) bond motifs is 6. The zero-order valence-electron chi connectivity index (χ0n) is 38.6. The van der Waals surface area contributed by atoms with Crippen LogP contribution in [-0.2, 0) is 62.4 Å². The van der Waals surface area contributed by atoms with Crippen molar-refractivity contribution in [3.63, 3.8) is 0 Å². The summed E-state index contributed by atoms with van der Waals surface area (Å²) in [7, 11) is -15.9. The molecule has 24 nitrogen and oxygen atoms in total. The Hall–Kier alpha value is -3.64. The summed E-state index contributed by atoms with van der Waals surface area (Å²) in [6.07, 6.45) is -2.61. The minimum absolute atomic E-state index is 0. The normalized spacial score (nSPS) is 11.5. The number of aromatic nitrogens is 6. The second kappa shape index (κ2) is 25.2. The molecule has 9 rings (SSSR count). The largest absolute Gasteiger partial charge is 1.00 e. The zero-order chi connectivity index (χ0) is 49.5. The van der Waals surface area contributed by atoms with Crippen LogP contribution in [0.25, 0.3) is 55.0 Å². The quantitative estimate of drug-likeness (QED) is 0.0186. The predicted octanol–water partition coefficient (Wildman–Crippen LogP) is -7.15. The summed E-state index contributed by atoms with van der Waals surface area (Å²) >= 11 is 0.299. The number of benzene rings is 7. The number of rotatable bonds is 14. The number of hydrogen-bond acceptors (Lipinski definition) is 23. The van der Waals surface area contributed by atoms with Crippen molar-refractivity contribution in [3.05, 3.63) is 132 Å². The first-order valence-electron chi connectivity index (χ1n) is 19.5. The van der Waals surface area contributed by atoms with Crippen molar-refractivity contribution in [1.29, 1.82) is 0 Å². The molecule has 0 saturated carbocycles. The molecule has 0 bridgehead atoms. The molecule has 0 radical (unpaired) electrons. The Morgan fingerprint density at radius 2 is 0.946 bits per heavy atom. The minimum atomic E-state index is -5.40. The Bertz CT molecular complexity index is 3940. The van der Waals surface area contributed by atoms with Crippen LogP contribution in [0.1, 0.15) is 11.1 Å². The third-order valence-electron chi connectivity index (χ3n) is 10.1. The monoisotopic (exact) mass is 1120 g/mol. The van der Waals surface area contributed by atoms with Crippen LogP contribution in [0.3, 0.4) is 0 Å². The van der Waals surface area contributed by atoms with Crippen molar-refractivity contribution in [1.82, 2.24) is 30.0 Å². The average Bonchev–Trinajstić information content (AvgIpc) is 3.97. The summed E-state index contributed by atoms with van der Waals surface area (Å²) in [5, 5.41) is 31.5. The van der Waals surface area contributed by atoms with E-state index in [0.29, 0.717) is 29.2 Å². The Balaban J connectivity index is 0.00000253. The van der Waals surface area contributed by atoms with Gasteiger partial charge in [-0.25, -0.2) is 34.8 Å². The first kappa shape index (κ1) is 61.2. The van der Waals surface area contributed by atoms with Crippen molar-refractivity contribution in [2.24, 2.45) is 0 Å². The van der Waals surface area contributed by atoms with E-state index in [1.54, 1.807) is 60.7 Å². The predicted molar refractivity (Wildman–Crippen MR) is 233 cm³/mol. The van der Waals surface area contributed by atoms with Gasteiger partial charge in [0, 0.05) is 38.6 Å². The Morgan fingerprint density at radius 1 is 0.514 bits per heavy atom. The molecule has 0 saturated heterocycles. The second-order valence-electron chi connectivity index (χ2n) is 14.5. The Kier molecular flexibility index (Phi) is 20.9. The summed E-state index contributed by atoms with van der Waals surface area (Å²) in [6, 6.07) is 27.4. The van der Waals surface area contributed by atoms with E-state index in [2.05, 4.69) is 29.8 Å². The van der Waals surface area contributed by atoms with E-state index in [4.69, 9.17) is 18.9 Å². The van der Waals surface area contributed by atoms with Crippen molar-refractivity contribution < 1.29 is 200 Å². The van der Waals surface area contributed by atoms with Crippen LogP contribution in [0, 0.1) is 0 Å². The zero-order valence-corrected chi connectivity index (χ0v) is 49.9. The second-order valence-corrected chi connectivity index (χ2v) is 19.4. The van der Waals surface area contributed by atoms with E-state index in [1.165, 1.54) is 18.2 Å². The molecule has 0 unspecified atom stereocenters. The van der Waals surface area contributed by atoms with E-state index in [9.17, 15) is 53.8 Å². The van der Waals surface area contributed by atoms with E-state index in [1.807, 2.05) is 0 Å². The smallest absolute Gasteiger partial charge is 0.744 e. The van der Waals surface area contributed by atoms with Gasteiger partial charge in [0.15, 0.2) is 11.5 Å². The average molecular weight is 1120 g/mol. The minimum Gasteiger partial charge on any atom is -0.744 e. The molecule has 0 fully saturated rings. The molecule has 9 aromatic rings. The molecule has 2 heterocycles. The van der Waals surface area contributed by atoms with Gasteiger partial charge in [-0.3, -0.25) is 5.04 Å². The topological polar surface area (TPSA) is 346 Å². The Labute approximate surface area is 510 Å². The standard InChI is InChI=1S/C42H28N6O18S4.4Na/c49-41(61-21-23-7-3-1-4-8-23)63-35-20-34(48-44-32-14-12-28-30(40(32)46-48)16-26(69(55,56)57)18-38(28)70(58,59)60)36(64-42(50)62-22-24-9-5-2-6-10-24)19-33(35)47-43-31-13-11-27-29(39(31)45-47)15-25(68(52,53)54)17-37(27)67-66-65-51;;;;/h1-20,51H,21-22H2,(H,52,53,54)(H,55,56,57)(H,58,59,60);;;;/q;4*+1/p-4. The molecule has 74 heavy (non-hydrogen) atoms. The van der Waals surface area contributed by atoms with Crippen LogP contribution in [-0.4, -0.2) is 81.2 Å². The number of carbonyl (C=O) groups excluding carboxylic acids is 2. The summed E-state index contributed by atoms with van der Waals surface area (Å²) in [4.78, 5) is 25.7.